The topological polar surface area (TPSA) is 64.3 Å². The molecular weight excluding hydrogens is 216 g/mol. The maximum absolute atomic E-state index is 12.2. The average molecular weight is 242 g/mol. The molecule has 0 aromatic heterocycles. The number of hydrogen-bond acceptors (Lipinski definition) is 3. The number of nitrogens with one attached hydrogen (secondary N) is 1. The van der Waals surface area contributed by atoms with Crippen LogP contribution in [0.4, 0.5) is 0 Å². The molecule has 0 heterocycles. The highest BCUT2D eigenvalue weighted by Gasteiger charge is 2.39. The largest absolute Gasteiger partial charge is 0.385 e. The van der Waals surface area contributed by atoms with E-state index in [0.717, 1.165) is 38.0 Å². The van der Waals surface area contributed by atoms with Crippen molar-refractivity contribution in [3.05, 3.63) is 0 Å². The standard InChI is InChI=1S/C13H26N2O2/c1-11-4-6-13(10-14,7-5-11)12(16)15-8-3-9-17-2/h11H,3-10,14H2,1-2H3,(H,15,16). The number of methoxy groups -OCH3 is 1. The van der Waals surface area contributed by atoms with E-state index in [-0.39, 0.29) is 11.3 Å². The van der Waals surface area contributed by atoms with Gasteiger partial charge in [0, 0.05) is 26.8 Å². The van der Waals surface area contributed by atoms with Crippen LogP contribution in [-0.2, 0) is 9.53 Å². The van der Waals surface area contributed by atoms with E-state index in [1.54, 1.807) is 7.11 Å². The maximum atomic E-state index is 12.2. The van der Waals surface area contributed by atoms with Crippen molar-refractivity contribution in [3.63, 3.8) is 0 Å². The molecule has 0 spiro atoms. The van der Waals surface area contributed by atoms with Crippen molar-refractivity contribution in [2.24, 2.45) is 17.1 Å². The molecule has 0 aromatic carbocycles. The first-order valence-electron chi connectivity index (χ1n) is 6.62. The summed E-state index contributed by atoms with van der Waals surface area (Å²) in [5, 5.41) is 2.99. The van der Waals surface area contributed by atoms with Crippen LogP contribution in [0.5, 0.6) is 0 Å². The fraction of sp³-hybridized carbons (Fsp3) is 0.923. The highest BCUT2D eigenvalue weighted by Crippen LogP contribution is 2.38. The Hall–Kier alpha value is -0.610. The normalized spacial score (nSPS) is 29.0. The van der Waals surface area contributed by atoms with Gasteiger partial charge in [-0.1, -0.05) is 6.92 Å². The van der Waals surface area contributed by atoms with Crippen molar-refractivity contribution in [2.75, 3.05) is 26.8 Å². The minimum atomic E-state index is -0.306. The summed E-state index contributed by atoms with van der Waals surface area (Å²) in [5.74, 6) is 0.874. The molecule has 0 atom stereocenters. The van der Waals surface area contributed by atoms with Gasteiger partial charge in [0.05, 0.1) is 5.41 Å². The maximum Gasteiger partial charge on any atom is 0.227 e. The molecule has 1 amide bonds. The molecule has 0 aliphatic heterocycles. The van der Waals surface area contributed by atoms with Gasteiger partial charge >= 0.3 is 0 Å². The van der Waals surface area contributed by atoms with Crippen molar-refractivity contribution in [1.29, 1.82) is 0 Å². The average Bonchev–Trinajstić information content (AvgIpc) is 2.36. The van der Waals surface area contributed by atoms with E-state index >= 15 is 0 Å². The summed E-state index contributed by atoms with van der Waals surface area (Å²) in [5.41, 5.74) is 5.52. The lowest BCUT2D eigenvalue weighted by Gasteiger charge is -2.37. The van der Waals surface area contributed by atoms with Crippen molar-refractivity contribution in [3.8, 4) is 0 Å². The first-order valence-corrected chi connectivity index (χ1v) is 6.62. The van der Waals surface area contributed by atoms with E-state index in [4.69, 9.17) is 10.5 Å². The second kappa shape index (κ2) is 6.97. The summed E-state index contributed by atoms with van der Waals surface area (Å²) in [4.78, 5) is 12.2. The molecule has 0 saturated heterocycles. The Morgan fingerprint density at radius 3 is 2.65 bits per heavy atom. The molecule has 4 heteroatoms. The van der Waals surface area contributed by atoms with Gasteiger partial charge in [-0.3, -0.25) is 4.79 Å². The quantitative estimate of drug-likeness (QED) is 0.690. The van der Waals surface area contributed by atoms with E-state index in [1.165, 1.54) is 0 Å². The summed E-state index contributed by atoms with van der Waals surface area (Å²) in [6.07, 6.45) is 4.95. The number of rotatable bonds is 6. The number of carbonyl (C=O) groups excluding carboxylic acids is 1. The third-order valence-corrected chi connectivity index (χ3v) is 3.91. The summed E-state index contributed by atoms with van der Waals surface area (Å²) in [6, 6.07) is 0. The summed E-state index contributed by atoms with van der Waals surface area (Å²) >= 11 is 0. The molecule has 0 radical (unpaired) electrons. The molecule has 17 heavy (non-hydrogen) atoms. The predicted octanol–water partition coefficient (Wildman–Crippen LogP) is 1.29. The Labute approximate surface area is 104 Å². The van der Waals surface area contributed by atoms with Crippen molar-refractivity contribution in [1.82, 2.24) is 5.32 Å². The molecule has 100 valence electrons. The predicted molar refractivity (Wildman–Crippen MR) is 68.6 cm³/mol. The van der Waals surface area contributed by atoms with Crippen LogP contribution in [-0.4, -0.2) is 32.7 Å². The van der Waals surface area contributed by atoms with E-state index < -0.39 is 0 Å². The van der Waals surface area contributed by atoms with Gasteiger partial charge in [0.2, 0.25) is 5.91 Å². The van der Waals surface area contributed by atoms with Crippen LogP contribution in [0.25, 0.3) is 0 Å². The highest BCUT2D eigenvalue weighted by atomic mass is 16.5. The number of carbonyl (C=O) groups is 1. The molecule has 1 saturated carbocycles. The number of hydrogen-bond donors (Lipinski definition) is 2. The van der Waals surface area contributed by atoms with Crippen LogP contribution in [0, 0.1) is 11.3 Å². The SMILES string of the molecule is COCCCNC(=O)C1(CN)CCC(C)CC1. The fourth-order valence-electron chi connectivity index (χ4n) is 2.44. The van der Waals surface area contributed by atoms with E-state index in [9.17, 15) is 4.79 Å². The van der Waals surface area contributed by atoms with Gasteiger partial charge in [-0.25, -0.2) is 0 Å². The third-order valence-electron chi connectivity index (χ3n) is 3.91. The van der Waals surface area contributed by atoms with E-state index in [0.29, 0.717) is 19.7 Å². The van der Waals surface area contributed by atoms with Crippen molar-refractivity contribution in [2.45, 2.75) is 39.0 Å². The van der Waals surface area contributed by atoms with Gasteiger partial charge in [0.1, 0.15) is 0 Å². The molecule has 0 unspecified atom stereocenters. The number of nitrogens with two attached hydrogens (primary N) is 1. The van der Waals surface area contributed by atoms with Gasteiger partial charge in [-0.05, 0) is 38.0 Å². The summed E-state index contributed by atoms with van der Waals surface area (Å²) < 4.78 is 4.96. The first kappa shape index (κ1) is 14.5. The van der Waals surface area contributed by atoms with E-state index in [2.05, 4.69) is 12.2 Å². The van der Waals surface area contributed by atoms with Gasteiger partial charge < -0.3 is 15.8 Å². The molecule has 1 aliphatic carbocycles. The zero-order valence-corrected chi connectivity index (χ0v) is 11.1. The molecule has 3 N–H and O–H groups in total. The van der Waals surface area contributed by atoms with Crippen LogP contribution in [0.15, 0.2) is 0 Å². The lowest BCUT2D eigenvalue weighted by atomic mass is 9.70. The second-order valence-electron chi connectivity index (χ2n) is 5.27. The molecular formula is C13H26N2O2. The Kier molecular flexibility index (Phi) is 5.92. The fourth-order valence-corrected chi connectivity index (χ4v) is 2.44. The Morgan fingerprint density at radius 1 is 1.47 bits per heavy atom. The Balaban J connectivity index is 2.40. The zero-order chi connectivity index (χ0) is 12.7. The minimum absolute atomic E-state index is 0.142. The van der Waals surface area contributed by atoms with Crippen molar-refractivity contribution < 1.29 is 9.53 Å². The van der Waals surface area contributed by atoms with Crippen LogP contribution in [0.3, 0.4) is 0 Å². The zero-order valence-electron chi connectivity index (χ0n) is 11.1. The smallest absolute Gasteiger partial charge is 0.227 e. The summed E-state index contributed by atoms with van der Waals surface area (Å²) in [6.45, 7) is 4.09. The second-order valence-corrected chi connectivity index (χ2v) is 5.27. The molecule has 1 rings (SSSR count). The third kappa shape index (κ3) is 3.96. The molecule has 1 fully saturated rings. The van der Waals surface area contributed by atoms with Gasteiger partial charge in [0.15, 0.2) is 0 Å². The van der Waals surface area contributed by atoms with Gasteiger partial charge in [-0.2, -0.15) is 0 Å². The first-order chi connectivity index (χ1) is 8.14. The van der Waals surface area contributed by atoms with Gasteiger partial charge in [0.25, 0.3) is 0 Å². The molecule has 0 aromatic rings. The van der Waals surface area contributed by atoms with Crippen molar-refractivity contribution >= 4 is 5.91 Å². The van der Waals surface area contributed by atoms with Gasteiger partial charge in [-0.15, -0.1) is 0 Å². The number of amides is 1. The lowest BCUT2D eigenvalue weighted by molar-refractivity contribution is -0.132. The Morgan fingerprint density at radius 2 is 2.12 bits per heavy atom. The van der Waals surface area contributed by atoms with Crippen LogP contribution >= 0.6 is 0 Å². The van der Waals surface area contributed by atoms with Crippen LogP contribution in [0.2, 0.25) is 0 Å². The monoisotopic (exact) mass is 242 g/mol. The molecule has 4 nitrogen and oxygen atoms in total. The lowest BCUT2D eigenvalue weighted by Crippen LogP contribution is -2.48. The minimum Gasteiger partial charge on any atom is -0.385 e. The van der Waals surface area contributed by atoms with E-state index in [1.807, 2.05) is 0 Å². The Bertz CT molecular complexity index is 236. The molecule has 0 bridgehead atoms. The highest BCUT2D eigenvalue weighted by molar-refractivity contribution is 5.83. The molecule has 1 aliphatic rings. The number of ether oxygens (including phenoxy) is 1. The summed E-state index contributed by atoms with van der Waals surface area (Å²) in [7, 11) is 1.67. The van der Waals surface area contributed by atoms with Crippen LogP contribution in [0.1, 0.15) is 39.0 Å². The van der Waals surface area contributed by atoms with Crippen LogP contribution < -0.4 is 11.1 Å².